The van der Waals surface area contributed by atoms with Gasteiger partial charge in [0.1, 0.15) is 6.10 Å². The molecule has 0 unspecified atom stereocenters. The monoisotopic (exact) mass is 563 g/mol. The zero-order valence-corrected chi connectivity index (χ0v) is 21.5. The van der Waals surface area contributed by atoms with Crippen molar-refractivity contribution in [2.45, 2.75) is 56.2 Å². The number of amides is 2. The molecule has 0 spiro atoms. The van der Waals surface area contributed by atoms with Gasteiger partial charge in [-0.2, -0.15) is 17.5 Å². The fourth-order valence-corrected chi connectivity index (χ4v) is 5.13. The number of aromatic nitrogens is 2. The lowest BCUT2D eigenvalue weighted by Crippen LogP contribution is -2.31. The number of carbonyl (C=O) groups excluding carboxylic acids is 2. The number of nitrogens with zero attached hydrogens (tertiary/aromatic N) is 4. The van der Waals surface area contributed by atoms with Gasteiger partial charge in [0.05, 0.1) is 15.3 Å². The number of aliphatic hydroxyl groups excluding tert-OH is 1. The minimum Gasteiger partial charge on any atom is -0.383 e. The number of hydrogen-bond acceptors (Lipinski definition) is 7. The number of carbonyl (C=O) groups is 2. The molecule has 9 nitrogen and oxygen atoms in total. The fraction of sp³-hybridized carbons (Fsp3) is 0.478. The molecule has 2 amide bonds. The first-order valence-corrected chi connectivity index (χ1v) is 13.4. The van der Waals surface area contributed by atoms with Crippen LogP contribution in [0.15, 0.2) is 33.5 Å². The Kier molecular flexibility index (Phi) is 8.41. The SMILES string of the molecule is Cc1c(C(F)(F)F)nnc(N2CCCC(F)(F)CC2)c1C(=O)Nc1cccc([S@@](C)(=O)=NC(=O)[C@@H](C)O)c1. The Labute approximate surface area is 215 Å². The second-order valence-corrected chi connectivity index (χ2v) is 11.2. The minimum atomic E-state index is -4.93. The fourth-order valence-electron chi connectivity index (χ4n) is 3.85. The molecule has 3 rings (SSSR count). The highest BCUT2D eigenvalue weighted by Crippen LogP contribution is 2.36. The van der Waals surface area contributed by atoms with Crippen LogP contribution in [0.5, 0.6) is 0 Å². The maximum absolute atomic E-state index is 13.9. The minimum absolute atomic E-state index is 0.0137. The molecule has 2 atom stereocenters. The van der Waals surface area contributed by atoms with E-state index in [1.165, 1.54) is 29.2 Å². The Morgan fingerprint density at radius 3 is 2.53 bits per heavy atom. The van der Waals surface area contributed by atoms with Gasteiger partial charge in [0.2, 0.25) is 5.92 Å². The van der Waals surface area contributed by atoms with E-state index in [-0.39, 0.29) is 35.9 Å². The van der Waals surface area contributed by atoms with Crippen LogP contribution in [-0.2, 0) is 20.7 Å². The summed E-state index contributed by atoms with van der Waals surface area (Å²) in [6.07, 6.45) is -6.23. The van der Waals surface area contributed by atoms with Crippen LogP contribution in [-0.4, -0.2) is 62.7 Å². The van der Waals surface area contributed by atoms with Crippen LogP contribution in [0, 0.1) is 6.92 Å². The molecule has 38 heavy (non-hydrogen) atoms. The van der Waals surface area contributed by atoms with E-state index in [4.69, 9.17) is 0 Å². The Hall–Kier alpha value is -3.20. The number of anilines is 2. The Morgan fingerprint density at radius 2 is 1.89 bits per heavy atom. The lowest BCUT2D eigenvalue weighted by atomic mass is 10.1. The Balaban J connectivity index is 2.03. The third-order valence-corrected chi connectivity index (χ3v) is 7.52. The van der Waals surface area contributed by atoms with Crippen LogP contribution in [0.4, 0.5) is 33.5 Å². The van der Waals surface area contributed by atoms with Gasteiger partial charge in [-0.1, -0.05) is 6.07 Å². The summed E-state index contributed by atoms with van der Waals surface area (Å²) in [5.74, 6) is -5.26. The molecule has 2 N–H and O–H groups in total. The molecule has 1 saturated heterocycles. The number of rotatable bonds is 5. The molecule has 1 aromatic carbocycles. The molecule has 0 aliphatic carbocycles. The van der Waals surface area contributed by atoms with Gasteiger partial charge in [-0.25, -0.2) is 13.0 Å². The van der Waals surface area contributed by atoms with E-state index in [0.29, 0.717) is 0 Å². The van der Waals surface area contributed by atoms with Crippen LogP contribution in [0.1, 0.15) is 47.8 Å². The summed E-state index contributed by atoms with van der Waals surface area (Å²) >= 11 is 0. The largest absolute Gasteiger partial charge is 0.435 e. The second-order valence-electron chi connectivity index (χ2n) is 8.96. The van der Waals surface area contributed by atoms with Gasteiger partial charge < -0.3 is 15.3 Å². The summed E-state index contributed by atoms with van der Waals surface area (Å²) < 4.78 is 85.0. The molecule has 1 aromatic heterocycles. The van der Waals surface area contributed by atoms with E-state index in [2.05, 4.69) is 19.9 Å². The molecule has 15 heteroatoms. The van der Waals surface area contributed by atoms with Crippen molar-refractivity contribution in [2.24, 2.45) is 4.36 Å². The summed E-state index contributed by atoms with van der Waals surface area (Å²) in [6.45, 7) is 1.97. The summed E-state index contributed by atoms with van der Waals surface area (Å²) in [5.41, 5.74) is -2.41. The Bertz CT molecular complexity index is 1360. The normalized spacial score (nSPS) is 18.2. The van der Waals surface area contributed by atoms with Crippen LogP contribution >= 0.6 is 0 Å². The average Bonchev–Trinajstić information content (AvgIpc) is 2.98. The molecule has 0 radical (unpaired) electrons. The molecular weight excluding hydrogens is 537 g/mol. The van der Waals surface area contributed by atoms with Crippen molar-refractivity contribution in [1.82, 2.24) is 10.2 Å². The molecule has 1 aliphatic heterocycles. The van der Waals surface area contributed by atoms with E-state index in [0.717, 1.165) is 20.1 Å². The average molecular weight is 564 g/mol. The summed E-state index contributed by atoms with van der Waals surface area (Å²) in [6, 6.07) is 5.34. The third kappa shape index (κ3) is 6.81. The van der Waals surface area contributed by atoms with Crippen molar-refractivity contribution >= 4 is 33.0 Å². The van der Waals surface area contributed by atoms with Gasteiger partial charge in [0.25, 0.3) is 11.8 Å². The molecular formula is C23H26F5N5O4S. The van der Waals surface area contributed by atoms with Crippen molar-refractivity contribution in [2.75, 3.05) is 29.6 Å². The summed E-state index contributed by atoms with van der Waals surface area (Å²) in [7, 11) is -3.34. The van der Waals surface area contributed by atoms with Gasteiger partial charge in [-0.3, -0.25) is 9.59 Å². The molecule has 208 valence electrons. The van der Waals surface area contributed by atoms with Gasteiger partial charge in [0, 0.05) is 42.8 Å². The highest BCUT2D eigenvalue weighted by molar-refractivity contribution is 7.93. The van der Waals surface area contributed by atoms with Crippen LogP contribution in [0.2, 0.25) is 0 Å². The van der Waals surface area contributed by atoms with Gasteiger partial charge in [0.15, 0.2) is 11.5 Å². The number of hydrogen-bond donors (Lipinski definition) is 2. The highest BCUT2D eigenvalue weighted by atomic mass is 32.2. The topological polar surface area (TPSA) is 125 Å². The van der Waals surface area contributed by atoms with Crippen LogP contribution in [0.25, 0.3) is 0 Å². The number of halogens is 5. The third-order valence-electron chi connectivity index (χ3n) is 5.86. The van der Waals surface area contributed by atoms with E-state index in [1.54, 1.807) is 0 Å². The van der Waals surface area contributed by atoms with Gasteiger partial charge >= 0.3 is 6.18 Å². The number of alkyl halides is 5. The number of benzene rings is 1. The van der Waals surface area contributed by atoms with Crippen molar-refractivity contribution in [3.63, 3.8) is 0 Å². The zero-order valence-electron chi connectivity index (χ0n) is 20.7. The van der Waals surface area contributed by atoms with Crippen LogP contribution in [0.3, 0.4) is 0 Å². The predicted molar refractivity (Wildman–Crippen MR) is 129 cm³/mol. The first kappa shape index (κ1) is 29.4. The highest BCUT2D eigenvalue weighted by Gasteiger charge is 2.39. The molecule has 1 aliphatic rings. The Morgan fingerprint density at radius 1 is 1.21 bits per heavy atom. The van der Waals surface area contributed by atoms with Crippen molar-refractivity contribution in [3.8, 4) is 0 Å². The summed E-state index contributed by atoms with van der Waals surface area (Å²) in [4.78, 5) is 26.4. The van der Waals surface area contributed by atoms with Gasteiger partial charge in [-0.15, -0.1) is 10.2 Å². The lowest BCUT2D eigenvalue weighted by molar-refractivity contribution is -0.142. The zero-order chi connectivity index (χ0) is 28.5. The van der Waals surface area contributed by atoms with E-state index < -0.39 is 69.4 Å². The first-order valence-electron chi connectivity index (χ1n) is 11.4. The van der Waals surface area contributed by atoms with E-state index in [1.807, 2.05) is 0 Å². The van der Waals surface area contributed by atoms with Gasteiger partial charge in [-0.05, 0) is 44.0 Å². The second kappa shape index (κ2) is 10.9. The smallest absolute Gasteiger partial charge is 0.383 e. The quantitative estimate of drug-likeness (QED) is 0.526. The standard InChI is InChI=1S/C23H26F5N5O4S/c1-13-17(19(31-30-18(13)23(26,27)28)33-10-5-8-22(24,25)9-11-33)21(36)29-15-6-4-7-16(12-15)38(3,37)32-20(35)14(2)34/h4,6-7,12,14,34H,5,8-11H2,1-3H3,(H,29,36)/t14-,38-/m1/s1. The maximum Gasteiger partial charge on any atom is 0.435 e. The van der Waals surface area contributed by atoms with Crippen molar-refractivity contribution in [3.05, 3.63) is 41.1 Å². The van der Waals surface area contributed by atoms with Crippen molar-refractivity contribution in [1.29, 1.82) is 0 Å². The molecule has 2 aromatic rings. The van der Waals surface area contributed by atoms with Crippen molar-refractivity contribution < 1.29 is 40.9 Å². The number of aliphatic hydroxyl groups is 1. The predicted octanol–water partition coefficient (Wildman–Crippen LogP) is 4.05. The number of nitrogens with one attached hydrogen (secondary N) is 1. The van der Waals surface area contributed by atoms with E-state index >= 15 is 0 Å². The molecule has 2 heterocycles. The first-order chi connectivity index (χ1) is 17.5. The maximum atomic E-state index is 13.9. The van der Waals surface area contributed by atoms with Crippen LogP contribution < -0.4 is 10.2 Å². The van der Waals surface area contributed by atoms with E-state index in [9.17, 15) is 40.9 Å². The molecule has 0 saturated carbocycles. The summed E-state index contributed by atoms with van der Waals surface area (Å²) in [5, 5.41) is 18.6. The molecule has 0 bridgehead atoms. The molecule has 1 fully saturated rings. The lowest BCUT2D eigenvalue weighted by Gasteiger charge is -2.25.